The topological polar surface area (TPSA) is 80.5 Å². The highest BCUT2D eigenvalue weighted by atomic mass is 15.2. The van der Waals surface area contributed by atoms with E-state index in [4.69, 9.17) is 0 Å². The number of nitrogens with one attached hydrogen (secondary N) is 2. The van der Waals surface area contributed by atoms with Crippen LogP contribution in [0.25, 0.3) is 0 Å². The Morgan fingerprint density at radius 2 is 2.12 bits per heavy atom. The molecule has 2 aromatic heterocycles. The van der Waals surface area contributed by atoms with Crippen LogP contribution in [0.15, 0.2) is 18.7 Å². The lowest BCUT2D eigenvalue weighted by atomic mass is 10.4. The minimum absolute atomic E-state index is 0.757. The number of hydrogen-bond donors (Lipinski definition) is 2. The molecule has 0 aromatic carbocycles. The lowest BCUT2D eigenvalue weighted by Gasteiger charge is -2.06. The molecule has 0 aliphatic carbocycles. The number of aromatic nitrogens is 5. The summed E-state index contributed by atoms with van der Waals surface area (Å²) in [5.41, 5.74) is 0. The Bertz CT molecular complexity index is 479. The zero-order valence-corrected chi connectivity index (χ0v) is 9.88. The van der Waals surface area contributed by atoms with Crippen LogP contribution in [0.4, 0.5) is 11.6 Å². The lowest BCUT2D eigenvalue weighted by molar-refractivity contribution is 0.787. The molecule has 0 bridgehead atoms. The molecular weight excluding hydrogens is 218 g/mol. The molecule has 0 saturated carbocycles. The Balaban J connectivity index is 1.87. The summed E-state index contributed by atoms with van der Waals surface area (Å²) < 4.78 is 1.90. The first-order valence-electron chi connectivity index (χ1n) is 5.36. The summed E-state index contributed by atoms with van der Waals surface area (Å²) in [6.07, 6.45) is 4.02. The second-order valence-electron chi connectivity index (χ2n) is 3.57. The van der Waals surface area contributed by atoms with Gasteiger partial charge >= 0.3 is 0 Å². The van der Waals surface area contributed by atoms with Gasteiger partial charge in [-0.2, -0.15) is 0 Å². The van der Waals surface area contributed by atoms with E-state index >= 15 is 0 Å². The van der Waals surface area contributed by atoms with Gasteiger partial charge in [0.15, 0.2) is 0 Å². The summed E-state index contributed by atoms with van der Waals surface area (Å²) >= 11 is 0. The van der Waals surface area contributed by atoms with E-state index in [1.807, 2.05) is 24.7 Å². The van der Waals surface area contributed by atoms with Gasteiger partial charge in [-0.05, 0) is 0 Å². The average molecular weight is 233 g/mol. The fraction of sp³-hybridized carbons (Fsp3) is 0.400. The van der Waals surface area contributed by atoms with Crippen molar-refractivity contribution in [1.82, 2.24) is 24.7 Å². The van der Waals surface area contributed by atoms with Crippen molar-refractivity contribution in [3.8, 4) is 0 Å². The number of anilines is 2. The van der Waals surface area contributed by atoms with Crippen molar-refractivity contribution < 1.29 is 0 Å². The molecule has 0 aliphatic rings. The lowest BCUT2D eigenvalue weighted by Crippen LogP contribution is -2.10. The van der Waals surface area contributed by atoms with Crippen molar-refractivity contribution in [3.63, 3.8) is 0 Å². The van der Waals surface area contributed by atoms with E-state index in [-0.39, 0.29) is 0 Å². The van der Waals surface area contributed by atoms with Gasteiger partial charge in [0.05, 0.1) is 0 Å². The van der Waals surface area contributed by atoms with Crippen molar-refractivity contribution in [3.05, 3.63) is 24.5 Å². The first-order chi connectivity index (χ1) is 8.29. The molecule has 0 radical (unpaired) electrons. The predicted molar refractivity (Wildman–Crippen MR) is 64.8 cm³/mol. The van der Waals surface area contributed by atoms with Gasteiger partial charge in [0.2, 0.25) is 0 Å². The van der Waals surface area contributed by atoms with Gasteiger partial charge < -0.3 is 15.2 Å². The van der Waals surface area contributed by atoms with Crippen LogP contribution in [0.2, 0.25) is 0 Å². The molecular formula is C10H15N7. The molecule has 2 N–H and O–H groups in total. The first-order valence-corrected chi connectivity index (χ1v) is 5.36. The van der Waals surface area contributed by atoms with Crippen molar-refractivity contribution in [2.24, 2.45) is 7.05 Å². The summed E-state index contributed by atoms with van der Waals surface area (Å²) in [6.45, 7) is 0.757. The first kappa shape index (κ1) is 11.3. The maximum atomic E-state index is 4.12. The Hall–Kier alpha value is -2.18. The average Bonchev–Trinajstić information content (AvgIpc) is 2.76. The largest absolute Gasteiger partial charge is 0.373 e. The Morgan fingerprint density at radius 3 is 2.82 bits per heavy atom. The Labute approximate surface area is 99.3 Å². The molecule has 2 rings (SSSR count). The number of aryl methyl sites for hydroxylation is 1. The van der Waals surface area contributed by atoms with Crippen molar-refractivity contribution in [2.75, 3.05) is 24.2 Å². The van der Waals surface area contributed by atoms with E-state index in [0.29, 0.717) is 0 Å². The summed E-state index contributed by atoms with van der Waals surface area (Å²) in [6, 6.07) is 1.86. The minimum Gasteiger partial charge on any atom is -0.373 e. The third-order valence-electron chi connectivity index (χ3n) is 2.38. The fourth-order valence-corrected chi connectivity index (χ4v) is 1.43. The molecule has 7 heteroatoms. The fourth-order valence-electron chi connectivity index (χ4n) is 1.43. The highest BCUT2D eigenvalue weighted by Crippen LogP contribution is 2.07. The summed E-state index contributed by atoms with van der Waals surface area (Å²) in [5, 5.41) is 14.0. The smallest absolute Gasteiger partial charge is 0.134 e. The molecule has 0 spiro atoms. The van der Waals surface area contributed by atoms with Crippen LogP contribution in [-0.2, 0) is 13.5 Å². The van der Waals surface area contributed by atoms with Crippen LogP contribution in [0, 0.1) is 0 Å². The highest BCUT2D eigenvalue weighted by Gasteiger charge is 2.01. The number of nitrogens with zero attached hydrogens (tertiary/aromatic N) is 5. The normalized spacial score (nSPS) is 10.2. The van der Waals surface area contributed by atoms with Gasteiger partial charge in [0.1, 0.15) is 30.1 Å². The van der Waals surface area contributed by atoms with Gasteiger partial charge in [-0.25, -0.2) is 9.97 Å². The minimum atomic E-state index is 0.757. The molecule has 0 saturated heterocycles. The monoisotopic (exact) mass is 233 g/mol. The Morgan fingerprint density at radius 1 is 1.29 bits per heavy atom. The van der Waals surface area contributed by atoms with Crippen molar-refractivity contribution in [1.29, 1.82) is 0 Å². The van der Waals surface area contributed by atoms with Gasteiger partial charge in [-0.1, -0.05) is 0 Å². The van der Waals surface area contributed by atoms with E-state index in [1.54, 1.807) is 6.33 Å². The number of rotatable bonds is 5. The second-order valence-corrected chi connectivity index (χ2v) is 3.57. The third-order valence-corrected chi connectivity index (χ3v) is 2.38. The molecule has 7 nitrogen and oxygen atoms in total. The maximum Gasteiger partial charge on any atom is 0.134 e. The summed E-state index contributed by atoms with van der Waals surface area (Å²) in [4.78, 5) is 8.16. The van der Waals surface area contributed by atoms with Gasteiger partial charge in [0.25, 0.3) is 0 Å². The molecule has 0 aliphatic heterocycles. The molecule has 0 unspecified atom stereocenters. The molecule has 17 heavy (non-hydrogen) atoms. The molecule has 2 heterocycles. The van der Waals surface area contributed by atoms with E-state index in [0.717, 1.165) is 30.4 Å². The molecule has 90 valence electrons. The predicted octanol–water partition coefficient (Wildman–Crippen LogP) is 0.301. The maximum absolute atomic E-state index is 4.12. The van der Waals surface area contributed by atoms with Crippen molar-refractivity contribution >= 4 is 11.6 Å². The van der Waals surface area contributed by atoms with Crippen LogP contribution in [0.3, 0.4) is 0 Å². The Kier molecular flexibility index (Phi) is 3.49. The SMILES string of the molecule is CNc1cc(NCCc2nncn2C)ncn1. The van der Waals surface area contributed by atoms with Gasteiger partial charge in [-0.15, -0.1) is 10.2 Å². The van der Waals surface area contributed by atoms with Crippen LogP contribution >= 0.6 is 0 Å². The number of hydrogen-bond acceptors (Lipinski definition) is 6. The second kappa shape index (κ2) is 5.24. The van der Waals surface area contributed by atoms with Gasteiger partial charge in [0, 0.05) is 33.1 Å². The molecule has 0 fully saturated rings. The zero-order valence-electron chi connectivity index (χ0n) is 9.88. The van der Waals surface area contributed by atoms with E-state index in [2.05, 4.69) is 30.8 Å². The van der Waals surface area contributed by atoms with E-state index < -0.39 is 0 Å². The molecule has 2 aromatic rings. The van der Waals surface area contributed by atoms with Crippen LogP contribution < -0.4 is 10.6 Å². The van der Waals surface area contributed by atoms with E-state index in [1.165, 1.54) is 6.33 Å². The summed E-state index contributed by atoms with van der Waals surface area (Å²) in [5.74, 6) is 2.54. The highest BCUT2D eigenvalue weighted by molar-refractivity contribution is 5.45. The molecule has 0 atom stereocenters. The molecule has 0 amide bonds. The third kappa shape index (κ3) is 2.90. The van der Waals surface area contributed by atoms with E-state index in [9.17, 15) is 0 Å². The summed E-state index contributed by atoms with van der Waals surface area (Å²) in [7, 11) is 3.75. The van der Waals surface area contributed by atoms with Crippen LogP contribution in [0.1, 0.15) is 5.82 Å². The standard InChI is InChI=1S/C10H15N7/c1-11-8-5-9(14-6-13-8)12-4-3-10-16-15-7-17(10)2/h5-7H,3-4H2,1-2H3,(H2,11,12,13,14). The van der Waals surface area contributed by atoms with Crippen molar-refractivity contribution in [2.45, 2.75) is 6.42 Å². The quantitative estimate of drug-likeness (QED) is 0.773. The van der Waals surface area contributed by atoms with Crippen LogP contribution in [-0.4, -0.2) is 38.3 Å². The van der Waals surface area contributed by atoms with Crippen LogP contribution in [0.5, 0.6) is 0 Å². The zero-order chi connectivity index (χ0) is 12.1. The van der Waals surface area contributed by atoms with Gasteiger partial charge in [-0.3, -0.25) is 0 Å².